The highest BCUT2D eigenvalue weighted by atomic mass is 16.5. The number of hydrogen-bond donors (Lipinski definition) is 2. The average Bonchev–Trinajstić information content (AvgIpc) is 2.61. The van der Waals surface area contributed by atoms with Crippen LogP contribution < -0.4 is 10.1 Å². The molecule has 1 heterocycles. The van der Waals surface area contributed by atoms with Crippen LogP contribution >= 0.6 is 0 Å². The second-order valence-electron chi connectivity index (χ2n) is 5.77. The molecular weight excluding hydrogens is 298 g/mol. The van der Waals surface area contributed by atoms with Crippen LogP contribution in [0.1, 0.15) is 51.2 Å². The first-order valence-corrected chi connectivity index (χ1v) is 8.73. The molecule has 1 aromatic carbocycles. The Bertz CT molecular complexity index is 669. The third-order valence-corrected chi connectivity index (χ3v) is 3.98. The Kier molecular flexibility index (Phi) is 6.79. The second-order valence-corrected chi connectivity index (χ2v) is 5.77. The van der Waals surface area contributed by atoms with Gasteiger partial charge in [0.05, 0.1) is 12.3 Å². The van der Waals surface area contributed by atoms with Gasteiger partial charge in [-0.05, 0) is 44.0 Å². The molecule has 0 aliphatic heterocycles. The maximum Gasteiger partial charge on any atom is 0.135 e. The Morgan fingerprint density at radius 1 is 1.21 bits per heavy atom. The lowest BCUT2D eigenvalue weighted by Crippen LogP contribution is -2.21. The van der Waals surface area contributed by atoms with Gasteiger partial charge in [-0.15, -0.1) is 0 Å². The number of anilines is 1. The van der Waals surface area contributed by atoms with Crippen molar-refractivity contribution in [2.24, 2.45) is 0 Å². The lowest BCUT2D eigenvalue weighted by molar-refractivity contribution is 0.340. The van der Waals surface area contributed by atoms with E-state index in [4.69, 9.17) is 10.1 Å². The summed E-state index contributed by atoms with van der Waals surface area (Å²) in [7, 11) is 0. The zero-order valence-corrected chi connectivity index (χ0v) is 14.8. The first-order chi connectivity index (χ1) is 11.7. The molecule has 1 aromatic heterocycles. The van der Waals surface area contributed by atoms with Gasteiger partial charge in [0.25, 0.3) is 0 Å². The Morgan fingerprint density at radius 2 is 2.04 bits per heavy atom. The molecule has 2 rings (SSSR count). The predicted octanol–water partition coefficient (Wildman–Crippen LogP) is 4.89. The van der Waals surface area contributed by atoms with Gasteiger partial charge in [0, 0.05) is 23.4 Å². The van der Waals surface area contributed by atoms with E-state index in [1.165, 1.54) is 0 Å². The molecule has 2 N–H and O–H groups in total. The molecule has 0 aliphatic rings. The summed E-state index contributed by atoms with van der Waals surface area (Å²) in [6, 6.07) is 11.9. The van der Waals surface area contributed by atoms with Crippen LogP contribution in [0.2, 0.25) is 0 Å². The van der Waals surface area contributed by atoms with Crippen molar-refractivity contribution in [3.05, 3.63) is 53.7 Å². The zero-order valence-electron chi connectivity index (χ0n) is 14.8. The number of nitrogens with one attached hydrogen (secondary N) is 2. The summed E-state index contributed by atoms with van der Waals surface area (Å²) in [6.45, 7) is 6.93. The van der Waals surface area contributed by atoms with E-state index in [1.807, 2.05) is 43.3 Å². The van der Waals surface area contributed by atoms with Crippen molar-refractivity contribution >= 4 is 11.5 Å². The Balaban J connectivity index is 2.28. The van der Waals surface area contributed by atoms with Crippen LogP contribution in [0.25, 0.3) is 0 Å². The van der Waals surface area contributed by atoms with Gasteiger partial charge >= 0.3 is 0 Å². The van der Waals surface area contributed by atoms with Gasteiger partial charge in [0.15, 0.2) is 0 Å². The lowest BCUT2D eigenvalue weighted by atomic mass is 10.0. The van der Waals surface area contributed by atoms with Crippen molar-refractivity contribution < 1.29 is 4.74 Å². The number of aromatic nitrogens is 1. The second kappa shape index (κ2) is 9.06. The van der Waals surface area contributed by atoms with Gasteiger partial charge in [-0.2, -0.15) is 0 Å². The number of pyridine rings is 1. The van der Waals surface area contributed by atoms with E-state index >= 15 is 0 Å². The molecule has 1 unspecified atom stereocenters. The summed E-state index contributed by atoms with van der Waals surface area (Å²) in [4.78, 5) is 4.47. The van der Waals surface area contributed by atoms with Crippen molar-refractivity contribution in [3.63, 3.8) is 0 Å². The molecule has 0 fully saturated rings. The SMILES string of the molecule is CCCC(CC)Nc1ncccc1C(=N)c1cccc(OCC)c1. The smallest absolute Gasteiger partial charge is 0.135 e. The van der Waals surface area contributed by atoms with Gasteiger partial charge in [0.1, 0.15) is 11.6 Å². The standard InChI is InChI=1S/C20H27N3O/c1-4-9-16(5-2)23-20-18(12-8-13-22-20)19(21)15-10-7-11-17(14-15)24-6-3/h7-8,10-14,16,21H,4-6,9H2,1-3H3,(H,22,23). The average molecular weight is 325 g/mol. The first kappa shape index (κ1) is 18.0. The molecule has 2 aromatic rings. The zero-order chi connectivity index (χ0) is 17.4. The van der Waals surface area contributed by atoms with Crippen LogP contribution in [0.15, 0.2) is 42.6 Å². The fourth-order valence-corrected chi connectivity index (χ4v) is 2.71. The van der Waals surface area contributed by atoms with Gasteiger partial charge in [-0.1, -0.05) is 32.4 Å². The Morgan fingerprint density at radius 3 is 2.75 bits per heavy atom. The quantitative estimate of drug-likeness (QED) is 0.646. The van der Waals surface area contributed by atoms with E-state index in [0.29, 0.717) is 18.4 Å². The van der Waals surface area contributed by atoms with Gasteiger partial charge < -0.3 is 10.1 Å². The third kappa shape index (κ3) is 4.57. The summed E-state index contributed by atoms with van der Waals surface area (Å²) in [5.74, 6) is 1.57. The van der Waals surface area contributed by atoms with Crippen LogP contribution in [-0.4, -0.2) is 23.3 Å². The maximum absolute atomic E-state index is 8.61. The molecule has 4 heteroatoms. The molecule has 1 atom stereocenters. The summed E-state index contributed by atoms with van der Waals surface area (Å²) >= 11 is 0. The monoisotopic (exact) mass is 325 g/mol. The van der Waals surface area contributed by atoms with Crippen molar-refractivity contribution in [1.82, 2.24) is 4.98 Å². The summed E-state index contributed by atoms with van der Waals surface area (Å²) in [6.07, 6.45) is 5.03. The molecule has 128 valence electrons. The molecule has 4 nitrogen and oxygen atoms in total. The minimum absolute atomic E-state index is 0.381. The molecular formula is C20H27N3O. The highest BCUT2D eigenvalue weighted by molar-refractivity contribution is 6.13. The number of hydrogen-bond acceptors (Lipinski definition) is 4. The molecule has 0 saturated carbocycles. The fraction of sp³-hybridized carbons (Fsp3) is 0.400. The highest BCUT2D eigenvalue weighted by Crippen LogP contribution is 2.21. The largest absolute Gasteiger partial charge is 0.494 e. The van der Waals surface area contributed by atoms with E-state index in [2.05, 4.69) is 24.1 Å². The van der Waals surface area contributed by atoms with E-state index < -0.39 is 0 Å². The van der Waals surface area contributed by atoms with Crippen LogP contribution in [0.3, 0.4) is 0 Å². The summed E-state index contributed by atoms with van der Waals surface area (Å²) in [5.41, 5.74) is 2.11. The van der Waals surface area contributed by atoms with E-state index in [9.17, 15) is 0 Å². The molecule has 24 heavy (non-hydrogen) atoms. The minimum Gasteiger partial charge on any atom is -0.494 e. The van der Waals surface area contributed by atoms with Crippen LogP contribution in [0.5, 0.6) is 5.75 Å². The Hall–Kier alpha value is -2.36. The highest BCUT2D eigenvalue weighted by Gasteiger charge is 2.14. The number of rotatable bonds is 9. The fourth-order valence-electron chi connectivity index (χ4n) is 2.71. The number of ether oxygens (including phenoxy) is 1. The van der Waals surface area contributed by atoms with E-state index in [-0.39, 0.29) is 0 Å². The molecule has 0 bridgehead atoms. The Labute approximate surface area is 144 Å². The maximum atomic E-state index is 8.61. The van der Waals surface area contributed by atoms with Gasteiger partial charge in [-0.3, -0.25) is 5.41 Å². The summed E-state index contributed by atoms with van der Waals surface area (Å²) in [5, 5.41) is 12.1. The van der Waals surface area contributed by atoms with Crippen molar-refractivity contribution in [1.29, 1.82) is 5.41 Å². The van der Waals surface area contributed by atoms with Crippen molar-refractivity contribution in [3.8, 4) is 5.75 Å². The molecule has 0 spiro atoms. The number of nitrogens with zero attached hydrogens (tertiary/aromatic N) is 1. The van der Waals surface area contributed by atoms with Gasteiger partial charge in [0.2, 0.25) is 0 Å². The lowest BCUT2D eigenvalue weighted by Gasteiger charge is -2.19. The van der Waals surface area contributed by atoms with Crippen molar-refractivity contribution in [2.45, 2.75) is 46.1 Å². The third-order valence-electron chi connectivity index (χ3n) is 3.98. The normalized spacial score (nSPS) is 11.8. The molecule has 0 saturated heterocycles. The predicted molar refractivity (Wildman–Crippen MR) is 100 cm³/mol. The van der Waals surface area contributed by atoms with E-state index in [1.54, 1.807) is 6.20 Å². The molecule has 0 aliphatic carbocycles. The van der Waals surface area contributed by atoms with Crippen LogP contribution in [-0.2, 0) is 0 Å². The van der Waals surface area contributed by atoms with Crippen LogP contribution in [0.4, 0.5) is 5.82 Å². The first-order valence-electron chi connectivity index (χ1n) is 8.73. The van der Waals surface area contributed by atoms with Crippen molar-refractivity contribution in [2.75, 3.05) is 11.9 Å². The molecule has 0 radical (unpaired) electrons. The minimum atomic E-state index is 0.381. The number of benzene rings is 1. The van der Waals surface area contributed by atoms with Gasteiger partial charge in [-0.25, -0.2) is 4.98 Å². The topological polar surface area (TPSA) is 58.0 Å². The molecule has 0 amide bonds. The summed E-state index contributed by atoms with van der Waals surface area (Å²) < 4.78 is 5.55. The van der Waals surface area contributed by atoms with Crippen LogP contribution in [0, 0.1) is 5.41 Å². The van der Waals surface area contributed by atoms with E-state index in [0.717, 1.165) is 42.0 Å².